The molecule has 1 aliphatic rings. The third kappa shape index (κ3) is 3.61. The van der Waals surface area contributed by atoms with Crippen molar-refractivity contribution >= 4 is 21.6 Å². The molecule has 1 aromatic rings. The van der Waals surface area contributed by atoms with Gasteiger partial charge < -0.3 is 11.1 Å². The number of nitrogens with two attached hydrogens (primary N) is 1. The van der Waals surface area contributed by atoms with Crippen molar-refractivity contribution in [3.05, 3.63) is 24.3 Å². The van der Waals surface area contributed by atoms with Gasteiger partial charge >= 0.3 is 0 Å². The van der Waals surface area contributed by atoms with Gasteiger partial charge in [0.05, 0.1) is 4.90 Å². The van der Waals surface area contributed by atoms with Gasteiger partial charge in [-0.1, -0.05) is 6.42 Å². The minimum atomic E-state index is -3.53. The molecule has 0 aliphatic carbocycles. The fourth-order valence-electron chi connectivity index (χ4n) is 2.57. The molecule has 0 radical (unpaired) electrons. The van der Waals surface area contributed by atoms with Gasteiger partial charge in [-0.05, 0) is 37.1 Å². The van der Waals surface area contributed by atoms with Crippen LogP contribution in [0.1, 0.15) is 26.2 Å². The first kappa shape index (κ1) is 15.9. The number of amides is 1. The second-order valence-electron chi connectivity index (χ2n) is 5.21. The largest absolute Gasteiger partial charge is 0.329 e. The van der Waals surface area contributed by atoms with E-state index in [1.165, 1.54) is 23.4 Å². The lowest BCUT2D eigenvalue weighted by molar-refractivity contribution is -0.114. The third-order valence-electron chi connectivity index (χ3n) is 3.63. The predicted octanol–water partition coefficient (Wildman–Crippen LogP) is 1.15. The van der Waals surface area contributed by atoms with Crippen molar-refractivity contribution in [3.8, 4) is 0 Å². The number of sulfonamides is 1. The zero-order valence-electron chi connectivity index (χ0n) is 12.1. The van der Waals surface area contributed by atoms with Crippen molar-refractivity contribution in [2.45, 2.75) is 37.1 Å². The first-order valence-electron chi connectivity index (χ1n) is 7.04. The molecule has 21 heavy (non-hydrogen) atoms. The molecule has 1 fully saturated rings. The summed E-state index contributed by atoms with van der Waals surface area (Å²) in [6.07, 6.45) is 2.68. The van der Waals surface area contributed by atoms with Crippen LogP contribution >= 0.6 is 0 Å². The van der Waals surface area contributed by atoms with Crippen LogP contribution in [-0.2, 0) is 14.8 Å². The summed E-state index contributed by atoms with van der Waals surface area (Å²) in [7, 11) is -3.53. The molecular formula is C14H21N3O3S. The summed E-state index contributed by atoms with van der Waals surface area (Å²) in [6, 6.07) is 6.09. The lowest BCUT2D eigenvalue weighted by Gasteiger charge is -2.33. The Kier molecular flexibility index (Phi) is 4.97. The minimum absolute atomic E-state index is 0.126. The van der Waals surface area contributed by atoms with Gasteiger partial charge in [0.1, 0.15) is 0 Å². The number of carbonyl (C=O) groups is 1. The maximum absolute atomic E-state index is 12.7. The molecule has 1 amide bonds. The Labute approximate surface area is 125 Å². The van der Waals surface area contributed by atoms with Gasteiger partial charge in [0.15, 0.2) is 0 Å². The van der Waals surface area contributed by atoms with E-state index in [1.807, 2.05) is 0 Å². The van der Waals surface area contributed by atoms with E-state index in [1.54, 1.807) is 12.1 Å². The fourth-order valence-corrected chi connectivity index (χ4v) is 4.28. The third-order valence-corrected chi connectivity index (χ3v) is 5.59. The van der Waals surface area contributed by atoms with Gasteiger partial charge in [0.2, 0.25) is 15.9 Å². The monoisotopic (exact) mass is 311 g/mol. The lowest BCUT2D eigenvalue weighted by Crippen LogP contribution is -2.47. The van der Waals surface area contributed by atoms with Gasteiger partial charge in [0, 0.05) is 31.7 Å². The number of carbonyl (C=O) groups excluding carboxylic acids is 1. The molecule has 1 saturated heterocycles. The summed E-state index contributed by atoms with van der Waals surface area (Å²) in [5.41, 5.74) is 6.27. The fraction of sp³-hybridized carbons (Fsp3) is 0.500. The van der Waals surface area contributed by atoms with Crippen LogP contribution in [0, 0.1) is 0 Å². The quantitative estimate of drug-likeness (QED) is 0.872. The molecule has 0 spiro atoms. The molecule has 6 nitrogen and oxygen atoms in total. The van der Waals surface area contributed by atoms with Crippen molar-refractivity contribution in [3.63, 3.8) is 0 Å². The van der Waals surface area contributed by atoms with Crippen LogP contribution in [0.25, 0.3) is 0 Å². The Hall–Kier alpha value is -1.44. The number of piperidine rings is 1. The molecule has 1 aromatic carbocycles. The van der Waals surface area contributed by atoms with Crippen LogP contribution in [0.2, 0.25) is 0 Å². The lowest BCUT2D eigenvalue weighted by atomic mass is 10.1. The molecule has 2 rings (SSSR count). The second kappa shape index (κ2) is 6.55. The number of anilines is 1. The van der Waals surface area contributed by atoms with Crippen LogP contribution in [0.4, 0.5) is 5.69 Å². The summed E-state index contributed by atoms with van der Waals surface area (Å²) in [4.78, 5) is 11.2. The molecule has 116 valence electrons. The van der Waals surface area contributed by atoms with Gasteiger partial charge in [-0.15, -0.1) is 0 Å². The maximum Gasteiger partial charge on any atom is 0.243 e. The Morgan fingerprint density at radius 2 is 2.00 bits per heavy atom. The normalized spacial score (nSPS) is 20.2. The standard InChI is InChI=1S/C14H21N3O3S/c1-11(18)16-12-5-7-14(8-6-12)21(19,20)17-9-3-2-4-13(17)10-15/h5-8,13H,2-4,9-10,15H2,1H3,(H,16,18). The Balaban J connectivity index is 2.24. The number of benzene rings is 1. The molecule has 7 heteroatoms. The molecule has 0 saturated carbocycles. The first-order chi connectivity index (χ1) is 9.95. The molecule has 1 heterocycles. The van der Waals surface area contributed by atoms with E-state index >= 15 is 0 Å². The van der Waals surface area contributed by atoms with Crippen LogP contribution in [0.5, 0.6) is 0 Å². The highest BCUT2D eigenvalue weighted by atomic mass is 32.2. The molecule has 1 atom stereocenters. The van der Waals surface area contributed by atoms with Gasteiger partial charge in [-0.25, -0.2) is 8.42 Å². The predicted molar refractivity (Wildman–Crippen MR) is 81.3 cm³/mol. The van der Waals surface area contributed by atoms with E-state index in [4.69, 9.17) is 5.73 Å². The number of nitrogens with one attached hydrogen (secondary N) is 1. The molecule has 1 unspecified atom stereocenters. The first-order valence-corrected chi connectivity index (χ1v) is 8.48. The van der Waals surface area contributed by atoms with E-state index in [2.05, 4.69) is 5.32 Å². The molecular weight excluding hydrogens is 290 g/mol. The Morgan fingerprint density at radius 1 is 1.33 bits per heavy atom. The van der Waals surface area contributed by atoms with E-state index in [-0.39, 0.29) is 16.8 Å². The molecule has 1 aliphatic heterocycles. The highest BCUT2D eigenvalue weighted by Gasteiger charge is 2.32. The van der Waals surface area contributed by atoms with E-state index in [0.717, 1.165) is 19.3 Å². The number of rotatable bonds is 4. The van der Waals surface area contributed by atoms with E-state index < -0.39 is 10.0 Å². The Morgan fingerprint density at radius 3 is 2.57 bits per heavy atom. The average molecular weight is 311 g/mol. The highest BCUT2D eigenvalue weighted by Crippen LogP contribution is 2.25. The van der Waals surface area contributed by atoms with Crippen molar-refractivity contribution < 1.29 is 13.2 Å². The SMILES string of the molecule is CC(=O)Nc1ccc(S(=O)(=O)N2CCCCC2CN)cc1. The van der Waals surface area contributed by atoms with Gasteiger partial charge in [-0.2, -0.15) is 4.31 Å². The van der Waals surface area contributed by atoms with Crippen molar-refractivity contribution in [2.24, 2.45) is 5.73 Å². The zero-order chi connectivity index (χ0) is 15.5. The number of hydrogen-bond donors (Lipinski definition) is 2. The highest BCUT2D eigenvalue weighted by molar-refractivity contribution is 7.89. The topological polar surface area (TPSA) is 92.5 Å². The zero-order valence-corrected chi connectivity index (χ0v) is 12.9. The second-order valence-corrected chi connectivity index (χ2v) is 7.10. The van der Waals surface area contributed by atoms with Crippen LogP contribution in [0.15, 0.2) is 29.2 Å². The number of hydrogen-bond acceptors (Lipinski definition) is 4. The van der Waals surface area contributed by atoms with Crippen molar-refractivity contribution in [2.75, 3.05) is 18.4 Å². The van der Waals surface area contributed by atoms with Gasteiger partial charge in [-0.3, -0.25) is 4.79 Å². The van der Waals surface area contributed by atoms with E-state index in [0.29, 0.717) is 18.8 Å². The molecule has 0 aromatic heterocycles. The summed E-state index contributed by atoms with van der Waals surface area (Å²) in [5, 5.41) is 2.62. The molecule has 0 bridgehead atoms. The van der Waals surface area contributed by atoms with Crippen molar-refractivity contribution in [1.82, 2.24) is 4.31 Å². The minimum Gasteiger partial charge on any atom is -0.329 e. The Bertz CT molecular complexity index is 598. The maximum atomic E-state index is 12.7. The van der Waals surface area contributed by atoms with E-state index in [9.17, 15) is 13.2 Å². The summed E-state index contributed by atoms with van der Waals surface area (Å²) >= 11 is 0. The average Bonchev–Trinajstić information content (AvgIpc) is 2.47. The van der Waals surface area contributed by atoms with Crippen LogP contribution < -0.4 is 11.1 Å². The summed E-state index contributed by atoms with van der Waals surface area (Å²) in [6.45, 7) is 2.26. The molecule has 3 N–H and O–H groups in total. The summed E-state index contributed by atoms with van der Waals surface area (Å²) < 4.78 is 26.8. The summed E-state index contributed by atoms with van der Waals surface area (Å²) in [5.74, 6) is -0.190. The number of nitrogens with zero attached hydrogens (tertiary/aromatic N) is 1. The van der Waals surface area contributed by atoms with Crippen LogP contribution in [-0.4, -0.2) is 37.8 Å². The van der Waals surface area contributed by atoms with Gasteiger partial charge in [0.25, 0.3) is 0 Å². The van der Waals surface area contributed by atoms with Crippen molar-refractivity contribution in [1.29, 1.82) is 0 Å². The van der Waals surface area contributed by atoms with Crippen LogP contribution in [0.3, 0.4) is 0 Å². The smallest absolute Gasteiger partial charge is 0.243 e.